The molecule has 2 unspecified atom stereocenters. The van der Waals surface area contributed by atoms with Gasteiger partial charge in [-0.15, -0.1) is 0 Å². The van der Waals surface area contributed by atoms with Crippen LogP contribution in [0.5, 0.6) is 0 Å². The molecule has 0 saturated carbocycles. The number of likely N-dealkylation sites (N-methyl/N-ethyl adjacent to an activating group) is 1. The Bertz CT molecular complexity index is 86.2. The molecule has 3 heteroatoms. The molecule has 0 aromatic heterocycles. The summed E-state index contributed by atoms with van der Waals surface area (Å²) in [6.45, 7) is 5.28. The van der Waals surface area contributed by atoms with E-state index in [2.05, 4.69) is 5.32 Å². The fourth-order valence-electron chi connectivity index (χ4n) is 0.786. The van der Waals surface area contributed by atoms with Crippen molar-refractivity contribution in [2.45, 2.75) is 32.5 Å². The van der Waals surface area contributed by atoms with E-state index in [4.69, 9.17) is 9.84 Å². The lowest BCUT2D eigenvalue weighted by molar-refractivity contribution is 0.0428. The molecule has 0 radical (unpaired) electrons. The maximum atomic E-state index is 8.90. The molecule has 68 valence electrons. The van der Waals surface area contributed by atoms with Gasteiger partial charge >= 0.3 is 0 Å². The van der Waals surface area contributed by atoms with Gasteiger partial charge in [0, 0.05) is 13.2 Å². The van der Waals surface area contributed by atoms with Crippen LogP contribution in [-0.2, 0) is 4.74 Å². The van der Waals surface area contributed by atoms with E-state index in [1.54, 1.807) is 6.92 Å². The van der Waals surface area contributed by atoms with Gasteiger partial charge in [0.25, 0.3) is 0 Å². The predicted octanol–water partition coefficient (Wildman–Crippen LogP) is 0.382. The molecule has 2 N–H and O–H groups in total. The van der Waals surface area contributed by atoms with Gasteiger partial charge in [-0.1, -0.05) is 0 Å². The van der Waals surface area contributed by atoms with E-state index >= 15 is 0 Å². The minimum atomic E-state index is -0.253. The first-order valence-corrected chi connectivity index (χ1v) is 4.11. The van der Waals surface area contributed by atoms with E-state index in [0.29, 0.717) is 13.0 Å². The van der Waals surface area contributed by atoms with E-state index in [1.807, 2.05) is 14.0 Å². The van der Waals surface area contributed by atoms with Crippen molar-refractivity contribution in [3.8, 4) is 0 Å². The van der Waals surface area contributed by atoms with E-state index in [0.717, 1.165) is 6.54 Å². The summed E-state index contributed by atoms with van der Waals surface area (Å²) in [6, 6.07) is 0. The van der Waals surface area contributed by atoms with Gasteiger partial charge < -0.3 is 15.2 Å². The molecular formula is C8H19NO2. The van der Waals surface area contributed by atoms with Gasteiger partial charge in [0.05, 0.1) is 12.2 Å². The van der Waals surface area contributed by atoms with E-state index in [-0.39, 0.29) is 12.2 Å². The summed E-state index contributed by atoms with van der Waals surface area (Å²) in [7, 11) is 1.90. The summed E-state index contributed by atoms with van der Waals surface area (Å²) in [5.74, 6) is 0. The minimum Gasteiger partial charge on any atom is -0.393 e. The molecule has 2 atom stereocenters. The predicted molar refractivity (Wildman–Crippen MR) is 45.6 cm³/mol. The average molecular weight is 161 g/mol. The first-order chi connectivity index (χ1) is 5.16. The number of hydrogen-bond acceptors (Lipinski definition) is 3. The largest absolute Gasteiger partial charge is 0.393 e. The summed E-state index contributed by atoms with van der Waals surface area (Å²) >= 11 is 0. The van der Waals surface area contributed by atoms with Gasteiger partial charge in [-0.05, 0) is 27.3 Å². The molecule has 0 spiro atoms. The van der Waals surface area contributed by atoms with Crippen molar-refractivity contribution >= 4 is 0 Å². The SMILES string of the molecule is CNCC(C)OCCC(C)O. The number of aliphatic hydroxyl groups is 1. The Hall–Kier alpha value is -0.120. The van der Waals surface area contributed by atoms with Crippen LogP contribution < -0.4 is 5.32 Å². The third-order valence-corrected chi connectivity index (χ3v) is 1.43. The molecule has 0 aliphatic carbocycles. The van der Waals surface area contributed by atoms with Crippen molar-refractivity contribution in [3.05, 3.63) is 0 Å². The number of aliphatic hydroxyl groups excluding tert-OH is 1. The van der Waals surface area contributed by atoms with Crippen LogP contribution in [0, 0.1) is 0 Å². The molecule has 0 aromatic carbocycles. The molecule has 0 aromatic rings. The van der Waals surface area contributed by atoms with E-state index in [1.165, 1.54) is 0 Å². The molecule has 0 rings (SSSR count). The highest BCUT2D eigenvalue weighted by atomic mass is 16.5. The van der Waals surface area contributed by atoms with Crippen LogP contribution in [0.3, 0.4) is 0 Å². The first-order valence-electron chi connectivity index (χ1n) is 4.11. The lowest BCUT2D eigenvalue weighted by atomic mass is 10.3. The zero-order valence-corrected chi connectivity index (χ0v) is 7.63. The normalized spacial score (nSPS) is 16.4. The van der Waals surface area contributed by atoms with E-state index in [9.17, 15) is 0 Å². The van der Waals surface area contributed by atoms with Crippen LogP contribution in [0.2, 0.25) is 0 Å². The van der Waals surface area contributed by atoms with Crippen LogP contribution in [0.25, 0.3) is 0 Å². The first kappa shape index (κ1) is 10.9. The van der Waals surface area contributed by atoms with Crippen molar-refractivity contribution < 1.29 is 9.84 Å². The molecular weight excluding hydrogens is 142 g/mol. The lowest BCUT2D eigenvalue weighted by Crippen LogP contribution is -2.24. The standard InChI is InChI=1S/C8H19NO2/c1-7(10)4-5-11-8(2)6-9-3/h7-10H,4-6H2,1-3H3. The molecule has 0 saturated heterocycles. The second-order valence-electron chi connectivity index (χ2n) is 2.88. The summed E-state index contributed by atoms with van der Waals surface area (Å²) < 4.78 is 5.37. The van der Waals surface area contributed by atoms with Crippen molar-refractivity contribution in [3.63, 3.8) is 0 Å². The van der Waals surface area contributed by atoms with Gasteiger partial charge in [0.15, 0.2) is 0 Å². The number of rotatable bonds is 6. The van der Waals surface area contributed by atoms with Crippen molar-refractivity contribution in [2.24, 2.45) is 0 Å². The fourth-order valence-corrected chi connectivity index (χ4v) is 0.786. The van der Waals surface area contributed by atoms with Crippen LogP contribution in [-0.4, -0.2) is 37.5 Å². The Morgan fingerprint density at radius 3 is 2.55 bits per heavy atom. The molecule has 11 heavy (non-hydrogen) atoms. The van der Waals surface area contributed by atoms with Gasteiger partial charge in [-0.2, -0.15) is 0 Å². The summed E-state index contributed by atoms with van der Waals surface area (Å²) in [5, 5.41) is 11.9. The zero-order valence-electron chi connectivity index (χ0n) is 7.63. The van der Waals surface area contributed by atoms with Gasteiger partial charge in [-0.3, -0.25) is 0 Å². The molecule has 0 heterocycles. The highest BCUT2D eigenvalue weighted by Crippen LogP contribution is 1.94. The average Bonchev–Trinajstić information content (AvgIpc) is 1.87. The Balaban J connectivity index is 3.10. The maximum absolute atomic E-state index is 8.90. The van der Waals surface area contributed by atoms with Gasteiger partial charge in [0.1, 0.15) is 0 Å². The molecule has 0 aliphatic rings. The Kier molecular flexibility index (Phi) is 6.51. The molecule has 0 aliphatic heterocycles. The molecule has 3 nitrogen and oxygen atoms in total. The molecule has 0 bridgehead atoms. The quantitative estimate of drug-likeness (QED) is 0.592. The highest BCUT2D eigenvalue weighted by Gasteiger charge is 2.00. The number of hydrogen-bond donors (Lipinski definition) is 2. The Morgan fingerprint density at radius 2 is 2.09 bits per heavy atom. The maximum Gasteiger partial charge on any atom is 0.0671 e. The summed E-state index contributed by atoms with van der Waals surface area (Å²) in [6.07, 6.45) is 0.698. The third kappa shape index (κ3) is 7.78. The van der Waals surface area contributed by atoms with Crippen molar-refractivity contribution in [1.82, 2.24) is 5.32 Å². The lowest BCUT2D eigenvalue weighted by Gasteiger charge is -2.12. The fraction of sp³-hybridized carbons (Fsp3) is 1.00. The summed E-state index contributed by atoms with van der Waals surface area (Å²) in [4.78, 5) is 0. The molecule has 0 fully saturated rings. The number of nitrogens with one attached hydrogen (secondary N) is 1. The Morgan fingerprint density at radius 1 is 1.45 bits per heavy atom. The Labute approximate surface area is 68.8 Å². The van der Waals surface area contributed by atoms with Gasteiger partial charge in [0.2, 0.25) is 0 Å². The van der Waals surface area contributed by atoms with Crippen molar-refractivity contribution in [2.75, 3.05) is 20.2 Å². The summed E-state index contributed by atoms with van der Waals surface area (Å²) in [5.41, 5.74) is 0. The number of ether oxygens (including phenoxy) is 1. The third-order valence-electron chi connectivity index (χ3n) is 1.43. The van der Waals surface area contributed by atoms with E-state index < -0.39 is 0 Å². The minimum absolute atomic E-state index is 0.235. The second-order valence-corrected chi connectivity index (χ2v) is 2.88. The van der Waals surface area contributed by atoms with Crippen molar-refractivity contribution in [1.29, 1.82) is 0 Å². The van der Waals surface area contributed by atoms with Gasteiger partial charge in [-0.25, -0.2) is 0 Å². The molecule has 0 amide bonds. The topological polar surface area (TPSA) is 41.5 Å². The monoisotopic (exact) mass is 161 g/mol. The zero-order chi connectivity index (χ0) is 8.69. The highest BCUT2D eigenvalue weighted by molar-refractivity contribution is 4.52. The van der Waals surface area contributed by atoms with Crippen LogP contribution in [0.15, 0.2) is 0 Å². The van der Waals surface area contributed by atoms with Crippen LogP contribution in [0.4, 0.5) is 0 Å². The van der Waals surface area contributed by atoms with Crippen LogP contribution >= 0.6 is 0 Å². The smallest absolute Gasteiger partial charge is 0.0671 e. The van der Waals surface area contributed by atoms with Crippen LogP contribution in [0.1, 0.15) is 20.3 Å². The second kappa shape index (κ2) is 6.58.